The number of aromatic nitrogens is 12. The third-order valence-electron chi connectivity index (χ3n) is 26.5. The van der Waals surface area contributed by atoms with Gasteiger partial charge in [0.25, 0.3) is 0 Å². The Labute approximate surface area is 687 Å². The molecule has 8 atom stereocenters. The summed E-state index contributed by atoms with van der Waals surface area (Å²) in [5, 5.41) is 49.8. The highest BCUT2D eigenvalue weighted by Crippen LogP contribution is 2.47. The van der Waals surface area contributed by atoms with E-state index >= 15 is 0 Å². The molecule has 25 nitrogen and oxygen atoms in total. The zero-order valence-electron chi connectivity index (χ0n) is 62.9. The zero-order chi connectivity index (χ0) is 77.5. The van der Waals surface area contributed by atoms with Crippen LogP contribution in [0.15, 0.2) is 73.2 Å². The normalized spacial score (nSPS) is 24.6. The highest BCUT2D eigenvalue weighted by atomic mass is 35.5. The van der Waals surface area contributed by atoms with Crippen LogP contribution in [0.4, 0.5) is 17.5 Å². The van der Waals surface area contributed by atoms with Crippen LogP contribution >= 0.6 is 69.6 Å². The summed E-state index contributed by atoms with van der Waals surface area (Å²) in [5.41, 5.74) is 5.96. The number of benzene rings is 3. The minimum Gasteiger partial charge on any atom is -0.381 e. The van der Waals surface area contributed by atoms with E-state index in [0.717, 1.165) is 184 Å². The molecule has 9 saturated heterocycles. The van der Waals surface area contributed by atoms with Crippen LogP contribution in [0.3, 0.4) is 0 Å². The van der Waals surface area contributed by atoms with Gasteiger partial charge in [-0.15, -0.1) is 0 Å². The smallest absolute Gasteiger partial charge is 0.190 e. The van der Waals surface area contributed by atoms with Gasteiger partial charge in [-0.05, 0) is 191 Å². The molecular formula is C81H89Cl6N21O4S. The van der Waals surface area contributed by atoms with E-state index in [1.807, 2.05) is 46.6 Å². The Balaban J connectivity index is 0.598. The van der Waals surface area contributed by atoms with Crippen LogP contribution in [0, 0.1) is 81.3 Å². The standard InChI is InChI=1S/C81H89Cl6N21O4S/c1-47(62-7-4-56(82)27-65(62)85)106-79-76(68(30-88)97-106)91-33-73(94-79)104-43-54(44-104)51-23-48(36-101(39-51)59-10-17-111-18-11-59)26-72(64-9-6-58(84)29-67(64)87)108-81-78(70(32-90)99-108)93-35-75(96-81)105-45-55(46-105)52-24-49(37-102(40-52)60-12-19-112-20-13-60)25-71(63-8-5-57(83)28-66(63)86)107-80-77(69(31-89)98-107)92-34-74(95-80)103-41-53(42-103)50-3-2-16-100(38-50)61-14-21-113(109,110)22-15-61/h4-9,27-29,33-35,47-55,59-61,71-72H,2-3,10-26,36-46H2,1H3/t47-,48?,49?,50-,51-,52+,71-,72-/m1/s1. The summed E-state index contributed by atoms with van der Waals surface area (Å²) in [6.07, 6.45) is 16.0. The van der Waals surface area contributed by atoms with E-state index in [0.29, 0.717) is 149 Å². The molecule has 113 heavy (non-hydrogen) atoms. The Morgan fingerprint density at radius 1 is 0.451 bits per heavy atom. The Bertz CT molecular complexity index is 5320. The summed E-state index contributed by atoms with van der Waals surface area (Å²) >= 11 is 41.1. The molecule has 590 valence electrons. The van der Waals surface area contributed by atoms with Gasteiger partial charge in [-0.2, -0.15) is 31.1 Å². The summed E-state index contributed by atoms with van der Waals surface area (Å²) in [6, 6.07) is 23.5. The monoisotopic (exact) mass is 1660 g/mol. The molecule has 3 aromatic carbocycles. The van der Waals surface area contributed by atoms with Crippen LogP contribution in [-0.4, -0.2) is 217 Å². The van der Waals surface area contributed by atoms with Crippen LogP contribution < -0.4 is 14.7 Å². The van der Waals surface area contributed by atoms with Gasteiger partial charge in [0.2, 0.25) is 0 Å². The van der Waals surface area contributed by atoms with Gasteiger partial charge >= 0.3 is 0 Å². The van der Waals surface area contributed by atoms with Gasteiger partial charge in [0.15, 0.2) is 34.0 Å². The molecule has 9 fully saturated rings. The molecular weight excluding hydrogens is 1580 g/mol. The Kier molecular flexibility index (Phi) is 22.0. The number of nitrogens with zero attached hydrogens (tertiary/aromatic N) is 21. The number of sulfone groups is 1. The first kappa shape index (κ1) is 76.9. The van der Waals surface area contributed by atoms with E-state index < -0.39 is 21.9 Å². The third-order valence-corrected chi connectivity index (χ3v) is 29.9. The Morgan fingerprint density at radius 3 is 1.23 bits per heavy atom. The molecule has 0 saturated carbocycles. The predicted molar refractivity (Wildman–Crippen MR) is 436 cm³/mol. The molecule has 6 aromatic heterocycles. The lowest BCUT2D eigenvalue weighted by molar-refractivity contribution is -0.00928. The Morgan fingerprint density at radius 2 is 0.823 bits per heavy atom. The first-order valence-corrected chi connectivity index (χ1v) is 44.1. The average Bonchev–Trinajstić information content (AvgIpc) is 1.67. The number of hydrogen-bond donors (Lipinski definition) is 0. The minimum absolute atomic E-state index is 0.175. The van der Waals surface area contributed by atoms with Crippen molar-refractivity contribution in [1.82, 2.24) is 73.9 Å². The van der Waals surface area contributed by atoms with Crippen LogP contribution in [-0.2, 0) is 19.3 Å². The largest absolute Gasteiger partial charge is 0.381 e. The van der Waals surface area contributed by atoms with Crippen LogP contribution in [0.1, 0.15) is 136 Å². The average molecular weight is 1670 g/mol. The lowest BCUT2D eigenvalue weighted by Crippen LogP contribution is -2.57. The van der Waals surface area contributed by atoms with E-state index in [2.05, 4.69) is 52.7 Å². The summed E-state index contributed by atoms with van der Waals surface area (Å²) in [6.45, 7) is 15.2. The van der Waals surface area contributed by atoms with Crippen molar-refractivity contribution in [3.63, 3.8) is 0 Å². The zero-order valence-corrected chi connectivity index (χ0v) is 68.3. The molecule has 2 unspecified atom stereocenters. The van der Waals surface area contributed by atoms with Gasteiger partial charge in [-0.3, -0.25) is 9.80 Å². The van der Waals surface area contributed by atoms with E-state index in [1.165, 1.54) is 0 Å². The van der Waals surface area contributed by atoms with Gasteiger partial charge in [0.05, 0.1) is 48.2 Å². The summed E-state index contributed by atoms with van der Waals surface area (Å²) < 4.78 is 42.2. The van der Waals surface area contributed by atoms with Gasteiger partial charge in [0.1, 0.15) is 62.0 Å². The van der Waals surface area contributed by atoms with E-state index in [1.54, 1.807) is 47.5 Å². The predicted octanol–water partition coefficient (Wildman–Crippen LogP) is 13.4. The molecule has 0 N–H and O–H groups in total. The number of anilines is 3. The number of fused-ring (bicyclic) bond motifs is 3. The number of rotatable bonds is 19. The Hall–Kier alpha value is -7.33. The summed E-state index contributed by atoms with van der Waals surface area (Å²) in [4.78, 5) is 45.7. The highest BCUT2D eigenvalue weighted by Gasteiger charge is 2.46. The van der Waals surface area contributed by atoms with Crippen molar-refractivity contribution in [2.45, 2.75) is 120 Å². The third kappa shape index (κ3) is 15.5. The fourth-order valence-electron chi connectivity index (χ4n) is 20.2. The molecule has 0 spiro atoms. The maximum absolute atomic E-state index is 12.3. The second-order valence-corrected chi connectivity index (χ2v) is 38.0. The SMILES string of the molecule is C[C@H](c1ccc(Cl)cc1Cl)n1nc(C#N)c2ncc(N3CC([C@@H]4CC(C[C@H](c5ccc(Cl)cc5Cl)n5nc(C#N)c6ncc(N7CC([C@H]8CC(C[C@H](c9ccc(Cl)cc9Cl)n9nc(C#N)c%10ncc(N%11CC([C@@H]%12CCCN(C%13CCS(=O)(=O)CC%13)C%12)C%11)nc%109)CN(C9CCOCC9)C8)C7)nc65)CN(C5CCOCC5)C4)C3)nc21. The molecule has 0 bridgehead atoms. The molecule has 9 aliphatic rings. The van der Waals surface area contributed by atoms with E-state index in [-0.39, 0.29) is 46.5 Å². The summed E-state index contributed by atoms with van der Waals surface area (Å²) in [7, 11) is -2.94. The number of ether oxygens (including phenoxy) is 2. The summed E-state index contributed by atoms with van der Waals surface area (Å²) in [5.74, 6) is 5.39. The van der Waals surface area contributed by atoms with Gasteiger partial charge in [-0.25, -0.2) is 52.4 Å². The van der Waals surface area contributed by atoms with Crippen molar-refractivity contribution in [2.24, 2.45) is 47.3 Å². The second-order valence-electron chi connectivity index (χ2n) is 33.2. The molecule has 18 rings (SSSR count). The number of nitriles is 3. The number of halogens is 6. The van der Waals surface area contributed by atoms with Crippen molar-refractivity contribution in [2.75, 3.05) is 131 Å². The van der Waals surface area contributed by atoms with Gasteiger partial charge in [0, 0.05) is 147 Å². The van der Waals surface area contributed by atoms with Crippen molar-refractivity contribution < 1.29 is 17.9 Å². The molecule has 0 aliphatic carbocycles. The maximum atomic E-state index is 12.3. The van der Waals surface area contributed by atoms with Crippen molar-refractivity contribution in [3.8, 4) is 18.2 Å². The molecule has 15 heterocycles. The number of hydrogen-bond acceptors (Lipinski definition) is 22. The first-order valence-electron chi connectivity index (χ1n) is 40.0. The second kappa shape index (κ2) is 32.3. The van der Waals surface area contributed by atoms with Crippen LogP contribution in [0.2, 0.25) is 30.1 Å². The molecule has 0 amide bonds. The fourth-order valence-corrected chi connectivity index (χ4v) is 23.3. The van der Waals surface area contributed by atoms with Gasteiger partial charge in [-0.1, -0.05) is 87.8 Å². The van der Waals surface area contributed by atoms with E-state index in [9.17, 15) is 24.2 Å². The lowest BCUT2D eigenvalue weighted by atomic mass is 9.74. The van der Waals surface area contributed by atoms with Crippen molar-refractivity contribution in [1.29, 1.82) is 15.8 Å². The first-order chi connectivity index (χ1) is 54.9. The molecule has 32 heteroatoms. The molecule has 9 aliphatic heterocycles. The van der Waals surface area contributed by atoms with Crippen LogP contribution in [0.25, 0.3) is 33.5 Å². The highest BCUT2D eigenvalue weighted by molar-refractivity contribution is 7.91. The number of likely N-dealkylation sites (tertiary alicyclic amines) is 3. The number of piperidine rings is 3. The minimum atomic E-state index is -2.94. The van der Waals surface area contributed by atoms with E-state index in [4.69, 9.17) is 119 Å². The topological polar surface area (TPSA) is 274 Å². The molecule has 0 radical (unpaired) electrons. The fraction of sp³-hybridized carbons (Fsp3) is 0.556. The van der Waals surface area contributed by atoms with Gasteiger partial charge < -0.3 is 29.1 Å². The quantitative estimate of drug-likeness (QED) is 0.0727. The van der Waals surface area contributed by atoms with Crippen molar-refractivity contribution in [3.05, 3.63) is 137 Å². The molecule has 9 aromatic rings. The maximum Gasteiger partial charge on any atom is 0.190 e. The lowest BCUT2D eigenvalue weighted by Gasteiger charge is -2.51. The van der Waals surface area contributed by atoms with Crippen LogP contribution in [0.5, 0.6) is 0 Å². The van der Waals surface area contributed by atoms with Crippen molar-refractivity contribution >= 4 is 130 Å².